The van der Waals surface area contributed by atoms with E-state index in [1.807, 2.05) is 6.92 Å². The standard InChI is InChI=1S/C21H34FN3O3/c1-4-21(5-2,8-10-26)14-25-20(23-6-3)24-9-7-16-11-18(22)12-17-13-27-15-28-19(16)17/h11-12,26H,4-10,13-15H2,1-3H3,(H2,23,24,25). The van der Waals surface area contributed by atoms with Gasteiger partial charge in [0.15, 0.2) is 12.8 Å². The van der Waals surface area contributed by atoms with Gasteiger partial charge in [0.05, 0.1) is 6.61 Å². The highest BCUT2D eigenvalue weighted by atomic mass is 19.1. The molecule has 158 valence electrons. The van der Waals surface area contributed by atoms with Gasteiger partial charge in [-0.05, 0) is 55.7 Å². The molecule has 3 N–H and O–H groups in total. The minimum atomic E-state index is -0.275. The molecule has 0 aliphatic carbocycles. The maximum atomic E-state index is 13.9. The molecule has 6 nitrogen and oxygen atoms in total. The Morgan fingerprint density at radius 2 is 2.04 bits per heavy atom. The van der Waals surface area contributed by atoms with Crippen molar-refractivity contribution in [1.29, 1.82) is 0 Å². The van der Waals surface area contributed by atoms with Crippen molar-refractivity contribution in [3.8, 4) is 5.75 Å². The van der Waals surface area contributed by atoms with Gasteiger partial charge in [-0.3, -0.25) is 4.99 Å². The number of aliphatic hydroxyl groups excluding tert-OH is 1. The number of hydrogen-bond acceptors (Lipinski definition) is 4. The van der Waals surface area contributed by atoms with Crippen molar-refractivity contribution >= 4 is 5.96 Å². The largest absolute Gasteiger partial charge is 0.467 e. The second kappa shape index (κ2) is 11.2. The third kappa shape index (κ3) is 6.07. The SMILES string of the molecule is CCNC(=NCC(CC)(CC)CCO)NCCc1cc(F)cc2c1OCOC2. The van der Waals surface area contributed by atoms with Crippen LogP contribution in [0.3, 0.4) is 0 Å². The number of fused-ring (bicyclic) bond motifs is 1. The summed E-state index contributed by atoms with van der Waals surface area (Å²) in [6.45, 7) is 9.08. The molecule has 28 heavy (non-hydrogen) atoms. The lowest BCUT2D eigenvalue weighted by molar-refractivity contribution is -0.0172. The molecule has 7 heteroatoms. The first-order chi connectivity index (χ1) is 13.6. The normalized spacial score (nSPS) is 14.4. The second-order valence-corrected chi connectivity index (χ2v) is 7.22. The number of guanidine groups is 1. The van der Waals surface area contributed by atoms with Gasteiger partial charge in [0.25, 0.3) is 0 Å². The van der Waals surface area contributed by atoms with E-state index in [0.29, 0.717) is 26.1 Å². The predicted octanol–water partition coefficient (Wildman–Crippen LogP) is 2.98. The fraction of sp³-hybridized carbons (Fsp3) is 0.667. The molecular formula is C21H34FN3O3. The maximum Gasteiger partial charge on any atom is 0.191 e. The summed E-state index contributed by atoms with van der Waals surface area (Å²) in [5, 5.41) is 16.0. The number of rotatable bonds is 10. The van der Waals surface area contributed by atoms with Gasteiger partial charge in [-0.1, -0.05) is 13.8 Å². The van der Waals surface area contributed by atoms with Gasteiger partial charge in [0.2, 0.25) is 0 Å². The highest BCUT2D eigenvalue weighted by molar-refractivity contribution is 5.79. The van der Waals surface area contributed by atoms with E-state index in [2.05, 4.69) is 24.5 Å². The number of hydrogen-bond donors (Lipinski definition) is 3. The number of aliphatic hydroxyl groups is 1. The zero-order valence-corrected chi connectivity index (χ0v) is 17.3. The van der Waals surface area contributed by atoms with Gasteiger partial charge in [-0.15, -0.1) is 0 Å². The van der Waals surface area contributed by atoms with Crippen molar-refractivity contribution in [3.63, 3.8) is 0 Å². The molecule has 0 saturated heterocycles. The topological polar surface area (TPSA) is 75.1 Å². The summed E-state index contributed by atoms with van der Waals surface area (Å²) in [4.78, 5) is 4.74. The molecule has 0 radical (unpaired) electrons. The van der Waals surface area contributed by atoms with Gasteiger partial charge in [0.1, 0.15) is 11.6 Å². The van der Waals surface area contributed by atoms with E-state index >= 15 is 0 Å². The molecule has 0 unspecified atom stereocenters. The van der Waals surface area contributed by atoms with Crippen LogP contribution in [0.2, 0.25) is 0 Å². The van der Waals surface area contributed by atoms with Crippen LogP contribution in [0.5, 0.6) is 5.75 Å². The monoisotopic (exact) mass is 395 g/mol. The molecule has 1 aliphatic rings. The van der Waals surface area contributed by atoms with Crippen LogP contribution in [0, 0.1) is 11.2 Å². The number of aliphatic imine (C=N–C) groups is 1. The Kier molecular flexibility index (Phi) is 8.99. The molecule has 0 saturated carbocycles. The lowest BCUT2D eigenvalue weighted by Crippen LogP contribution is -2.39. The summed E-state index contributed by atoms with van der Waals surface area (Å²) in [5.41, 5.74) is 1.60. The van der Waals surface area contributed by atoms with Crippen LogP contribution < -0.4 is 15.4 Å². The molecule has 0 bridgehead atoms. The van der Waals surface area contributed by atoms with Gasteiger partial charge in [-0.2, -0.15) is 0 Å². The maximum absolute atomic E-state index is 13.9. The van der Waals surface area contributed by atoms with Crippen molar-refractivity contribution in [1.82, 2.24) is 10.6 Å². The molecule has 1 aromatic carbocycles. The Balaban J connectivity index is 2.01. The molecule has 1 heterocycles. The zero-order valence-electron chi connectivity index (χ0n) is 17.3. The lowest BCUT2D eigenvalue weighted by atomic mass is 9.79. The Labute approximate surface area is 167 Å². The van der Waals surface area contributed by atoms with E-state index in [4.69, 9.17) is 14.5 Å². The summed E-state index contributed by atoms with van der Waals surface area (Å²) in [6.07, 6.45) is 3.31. The van der Waals surface area contributed by atoms with E-state index < -0.39 is 0 Å². The first-order valence-electron chi connectivity index (χ1n) is 10.2. The van der Waals surface area contributed by atoms with Crippen LogP contribution in [0.15, 0.2) is 17.1 Å². The van der Waals surface area contributed by atoms with E-state index in [-0.39, 0.29) is 24.6 Å². The predicted molar refractivity (Wildman–Crippen MR) is 109 cm³/mol. The number of halogens is 1. The van der Waals surface area contributed by atoms with Crippen molar-refractivity contribution in [2.75, 3.05) is 33.0 Å². The number of ether oxygens (including phenoxy) is 2. The molecule has 0 fully saturated rings. The van der Waals surface area contributed by atoms with E-state index in [9.17, 15) is 9.50 Å². The Bertz CT molecular complexity index is 648. The van der Waals surface area contributed by atoms with Crippen LogP contribution in [0.4, 0.5) is 4.39 Å². The van der Waals surface area contributed by atoms with E-state index in [1.165, 1.54) is 12.1 Å². The Morgan fingerprint density at radius 1 is 1.25 bits per heavy atom. The smallest absolute Gasteiger partial charge is 0.191 e. The molecule has 0 atom stereocenters. The van der Waals surface area contributed by atoms with Gasteiger partial charge >= 0.3 is 0 Å². The van der Waals surface area contributed by atoms with Crippen molar-refractivity contribution in [2.45, 2.75) is 53.1 Å². The summed E-state index contributed by atoms with van der Waals surface area (Å²) in [6, 6.07) is 2.99. The lowest BCUT2D eigenvalue weighted by Gasteiger charge is -2.29. The van der Waals surface area contributed by atoms with Crippen molar-refractivity contribution < 1.29 is 19.0 Å². The molecule has 1 aromatic rings. The molecule has 0 amide bonds. The molecule has 0 aromatic heterocycles. The highest BCUT2D eigenvalue weighted by Gasteiger charge is 2.25. The summed E-state index contributed by atoms with van der Waals surface area (Å²) < 4.78 is 24.7. The van der Waals surface area contributed by atoms with Crippen LogP contribution >= 0.6 is 0 Å². The third-order valence-electron chi connectivity index (χ3n) is 5.50. The fourth-order valence-electron chi connectivity index (χ4n) is 3.49. The quantitative estimate of drug-likeness (QED) is 0.420. The highest BCUT2D eigenvalue weighted by Crippen LogP contribution is 2.31. The van der Waals surface area contributed by atoms with Crippen LogP contribution in [0.1, 0.15) is 51.2 Å². The van der Waals surface area contributed by atoms with Gasteiger partial charge in [-0.25, -0.2) is 4.39 Å². The first-order valence-corrected chi connectivity index (χ1v) is 10.2. The molecular weight excluding hydrogens is 361 g/mol. The third-order valence-corrected chi connectivity index (χ3v) is 5.50. The number of nitrogens with zero attached hydrogens (tertiary/aromatic N) is 1. The van der Waals surface area contributed by atoms with Gasteiger partial charge in [0, 0.05) is 31.8 Å². The average Bonchev–Trinajstić information content (AvgIpc) is 2.71. The zero-order chi connectivity index (χ0) is 20.4. The van der Waals surface area contributed by atoms with Crippen LogP contribution in [0.25, 0.3) is 0 Å². The van der Waals surface area contributed by atoms with Crippen LogP contribution in [-0.4, -0.2) is 44.1 Å². The van der Waals surface area contributed by atoms with Gasteiger partial charge < -0.3 is 25.2 Å². The molecule has 2 rings (SSSR count). The van der Waals surface area contributed by atoms with Crippen molar-refractivity contribution in [2.24, 2.45) is 10.4 Å². The summed E-state index contributed by atoms with van der Waals surface area (Å²) >= 11 is 0. The Hall–Kier alpha value is -1.86. The Morgan fingerprint density at radius 3 is 2.71 bits per heavy atom. The summed E-state index contributed by atoms with van der Waals surface area (Å²) in [5.74, 6) is 1.19. The molecule has 1 aliphatic heterocycles. The number of benzene rings is 1. The fourth-order valence-corrected chi connectivity index (χ4v) is 3.49. The molecule has 0 spiro atoms. The van der Waals surface area contributed by atoms with E-state index in [1.54, 1.807) is 0 Å². The first kappa shape index (κ1) is 22.4. The second-order valence-electron chi connectivity index (χ2n) is 7.22. The minimum absolute atomic E-state index is 0.0204. The summed E-state index contributed by atoms with van der Waals surface area (Å²) in [7, 11) is 0. The number of nitrogens with one attached hydrogen (secondary N) is 2. The van der Waals surface area contributed by atoms with Crippen molar-refractivity contribution in [3.05, 3.63) is 29.1 Å². The van der Waals surface area contributed by atoms with E-state index in [0.717, 1.165) is 48.6 Å². The average molecular weight is 396 g/mol. The minimum Gasteiger partial charge on any atom is -0.467 e. The van der Waals surface area contributed by atoms with Crippen LogP contribution in [-0.2, 0) is 17.8 Å².